The Morgan fingerprint density at radius 1 is 1.05 bits per heavy atom. The van der Waals surface area contributed by atoms with E-state index in [9.17, 15) is 14.7 Å². The van der Waals surface area contributed by atoms with Crippen molar-refractivity contribution in [1.82, 2.24) is 0 Å². The minimum absolute atomic E-state index is 0.0546. The van der Waals surface area contributed by atoms with Gasteiger partial charge in [-0.3, -0.25) is 9.59 Å². The first-order valence-corrected chi connectivity index (χ1v) is 9.10. The van der Waals surface area contributed by atoms with Crippen LogP contribution in [0.2, 0.25) is 0 Å². The number of fused-ring (bicyclic) bond motifs is 5. The molecule has 0 amide bonds. The lowest BCUT2D eigenvalue weighted by atomic mass is 9.45. The van der Waals surface area contributed by atoms with Gasteiger partial charge in [0.25, 0.3) is 0 Å². The molecule has 4 aliphatic rings. The van der Waals surface area contributed by atoms with E-state index in [0.29, 0.717) is 42.2 Å². The summed E-state index contributed by atoms with van der Waals surface area (Å²) in [6.45, 7) is 4.46. The topological polar surface area (TPSA) is 54.4 Å². The number of aliphatic hydroxyl groups excluding tert-OH is 1. The van der Waals surface area contributed by atoms with Gasteiger partial charge < -0.3 is 5.11 Å². The number of rotatable bonds is 0. The summed E-state index contributed by atoms with van der Waals surface area (Å²) in [5, 5.41) is 10.0. The molecule has 0 aliphatic heterocycles. The van der Waals surface area contributed by atoms with Crippen LogP contribution in [0.25, 0.3) is 0 Å². The Bertz CT molecular complexity index is 527. The Morgan fingerprint density at radius 2 is 1.82 bits per heavy atom. The third-order valence-corrected chi connectivity index (χ3v) is 8.14. The fourth-order valence-corrected chi connectivity index (χ4v) is 6.79. The van der Waals surface area contributed by atoms with Gasteiger partial charge in [0.05, 0.1) is 6.10 Å². The molecule has 0 spiro atoms. The molecule has 0 aromatic carbocycles. The van der Waals surface area contributed by atoms with Gasteiger partial charge in [0.1, 0.15) is 11.6 Å². The van der Waals surface area contributed by atoms with Gasteiger partial charge in [-0.1, -0.05) is 13.8 Å². The summed E-state index contributed by atoms with van der Waals surface area (Å²) in [6.07, 6.45) is 6.67. The number of aliphatic hydroxyl groups is 1. The lowest BCUT2D eigenvalue weighted by Gasteiger charge is -2.59. The average molecular weight is 304 g/mol. The number of hydrogen-bond donors (Lipinski definition) is 1. The van der Waals surface area contributed by atoms with E-state index >= 15 is 0 Å². The highest BCUT2D eigenvalue weighted by molar-refractivity contribution is 5.88. The first-order valence-electron chi connectivity index (χ1n) is 9.10. The Morgan fingerprint density at radius 3 is 2.59 bits per heavy atom. The van der Waals surface area contributed by atoms with Crippen molar-refractivity contribution < 1.29 is 14.7 Å². The smallest absolute Gasteiger partial charge is 0.139 e. The fourth-order valence-electron chi connectivity index (χ4n) is 6.79. The van der Waals surface area contributed by atoms with E-state index in [0.717, 1.165) is 38.5 Å². The van der Waals surface area contributed by atoms with Crippen LogP contribution in [0, 0.1) is 34.5 Å². The summed E-state index contributed by atoms with van der Waals surface area (Å²) in [6, 6.07) is 0. The van der Waals surface area contributed by atoms with Gasteiger partial charge in [0.2, 0.25) is 0 Å². The molecule has 0 aromatic heterocycles. The number of Topliss-reactive ketones (excluding diaryl/α,β-unsaturated/α-hetero) is 2. The van der Waals surface area contributed by atoms with E-state index in [4.69, 9.17) is 0 Å². The van der Waals surface area contributed by atoms with E-state index in [1.807, 2.05) is 0 Å². The van der Waals surface area contributed by atoms with Crippen molar-refractivity contribution in [1.29, 1.82) is 0 Å². The molecule has 4 aliphatic carbocycles. The van der Waals surface area contributed by atoms with Crippen LogP contribution >= 0.6 is 0 Å². The van der Waals surface area contributed by atoms with Crippen LogP contribution < -0.4 is 0 Å². The zero-order valence-corrected chi connectivity index (χ0v) is 13.8. The Hall–Kier alpha value is -0.700. The third kappa shape index (κ3) is 1.78. The lowest BCUT2D eigenvalue weighted by molar-refractivity contribution is -0.160. The summed E-state index contributed by atoms with van der Waals surface area (Å²) >= 11 is 0. The van der Waals surface area contributed by atoms with Gasteiger partial charge in [-0.25, -0.2) is 0 Å². The predicted molar refractivity (Wildman–Crippen MR) is 83.1 cm³/mol. The highest BCUT2D eigenvalue weighted by atomic mass is 16.3. The molecular weight excluding hydrogens is 276 g/mol. The molecule has 0 radical (unpaired) electrons. The molecule has 0 aromatic rings. The molecule has 1 N–H and O–H groups in total. The van der Waals surface area contributed by atoms with Crippen LogP contribution in [0.4, 0.5) is 0 Å². The second kappa shape index (κ2) is 4.66. The van der Waals surface area contributed by atoms with Crippen LogP contribution in [-0.2, 0) is 9.59 Å². The van der Waals surface area contributed by atoms with Gasteiger partial charge in [-0.05, 0) is 61.7 Å². The Labute approximate surface area is 132 Å². The van der Waals surface area contributed by atoms with E-state index in [1.165, 1.54) is 0 Å². The van der Waals surface area contributed by atoms with Crippen molar-refractivity contribution in [3.63, 3.8) is 0 Å². The minimum Gasteiger partial charge on any atom is -0.393 e. The summed E-state index contributed by atoms with van der Waals surface area (Å²) in [4.78, 5) is 25.2. The highest BCUT2D eigenvalue weighted by Gasteiger charge is 2.62. The maximum absolute atomic E-state index is 12.8. The third-order valence-electron chi connectivity index (χ3n) is 8.14. The van der Waals surface area contributed by atoms with Gasteiger partial charge in [-0.2, -0.15) is 0 Å². The quantitative estimate of drug-likeness (QED) is 0.748. The number of carbonyl (C=O) groups is 2. The van der Waals surface area contributed by atoms with Crippen LogP contribution in [0.5, 0.6) is 0 Å². The van der Waals surface area contributed by atoms with Crippen LogP contribution in [0.15, 0.2) is 0 Å². The van der Waals surface area contributed by atoms with Crippen molar-refractivity contribution in [2.45, 2.75) is 71.3 Å². The zero-order valence-electron chi connectivity index (χ0n) is 13.8. The molecule has 3 nitrogen and oxygen atoms in total. The second-order valence-corrected chi connectivity index (χ2v) is 8.95. The lowest BCUT2D eigenvalue weighted by Crippen LogP contribution is -2.57. The van der Waals surface area contributed by atoms with Gasteiger partial charge >= 0.3 is 0 Å². The zero-order chi connectivity index (χ0) is 15.7. The van der Waals surface area contributed by atoms with Crippen LogP contribution in [0.1, 0.15) is 65.2 Å². The van der Waals surface area contributed by atoms with Gasteiger partial charge in [0, 0.05) is 24.2 Å². The number of hydrogen-bond acceptors (Lipinski definition) is 3. The maximum Gasteiger partial charge on any atom is 0.139 e. The number of ketones is 2. The van der Waals surface area contributed by atoms with E-state index in [-0.39, 0.29) is 22.9 Å². The summed E-state index contributed by atoms with van der Waals surface area (Å²) < 4.78 is 0. The van der Waals surface area contributed by atoms with Crippen molar-refractivity contribution >= 4 is 11.6 Å². The SMILES string of the molecule is C[C@]12CC[C@H](O)CC1C(=O)CC1C2CC[C@]2(C)C(=O)CCC12. The van der Waals surface area contributed by atoms with E-state index in [2.05, 4.69) is 13.8 Å². The normalized spacial score (nSPS) is 54.6. The Kier molecular flexibility index (Phi) is 3.15. The monoisotopic (exact) mass is 304 g/mol. The second-order valence-electron chi connectivity index (χ2n) is 8.95. The van der Waals surface area contributed by atoms with Crippen molar-refractivity contribution in [3.8, 4) is 0 Å². The van der Waals surface area contributed by atoms with E-state index < -0.39 is 0 Å². The minimum atomic E-state index is -0.291. The summed E-state index contributed by atoms with van der Waals surface area (Å²) in [5.74, 6) is 2.27. The molecular formula is C19H28O3. The largest absolute Gasteiger partial charge is 0.393 e. The molecule has 4 rings (SSSR count). The summed E-state index contributed by atoms with van der Waals surface area (Å²) in [7, 11) is 0. The molecule has 0 saturated heterocycles. The first-order chi connectivity index (χ1) is 10.4. The summed E-state index contributed by atoms with van der Waals surface area (Å²) in [5.41, 5.74) is -0.0922. The van der Waals surface area contributed by atoms with Crippen LogP contribution in [0.3, 0.4) is 0 Å². The maximum atomic E-state index is 12.8. The molecule has 0 bridgehead atoms. The standard InChI is InChI=1S/C19H28O3/c1-18-7-5-11(20)9-15(18)16(21)10-12-13-3-4-17(22)19(13,2)8-6-14(12)18/h11-15,20H,3-10H2,1-2H3/t11-,12?,13?,14?,15?,18+,19-/m0/s1. The average Bonchev–Trinajstić information content (AvgIpc) is 2.77. The van der Waals surface area contributed by atoms with Gasteiger partial charge in [-0.15, -0.1) is 0 Å². The van der Waals surface area contributed by atoms with Gasteiger partial charge in [0.15, 0.2) is 0 Å². The van der Waals surface area contributed by atoms with Crippen molar-refractivity contribution in [2.24, 2.45) is 34.5 Å². The predicted octanol–water partition coefficient (Wildman–Crippen LogP) is 3.14. The molecule has 0 heterocycles. The molecule has 22 heavy (non-hydrogen) atoms. The van der Waals surface area contributed by atoms with Crippen molar-refractivity contribution in [2.75, 3.05) is 0 Å². The van der Waals surface area contributed by atoms with Crippen molar-refractivity contribution in [3.05, 3.63) is 0 Å². The molecule has 4 saturated carbocycles. The molecule has 7 atom stereocenters. The number of carbonyl (C=O) groups excluding carboxylic acids is 2. The molecule has 4 fully saturated rings. The van der Waals surface area contributed by atoms with Crippen LogP contribution in [-0.4, -0.2) is 22.8 Å². The first kappa shape index (κ1) is 14.9. The Balaban J connectivity index is 1.69. The molecule has 3 heteroatoms. The molecule has 122 valence electrons. The molecule has 4 unspecified atom stereocenters. The van der Waals surface area contributed by atoms with E-state index in [1.54, 1.807) is 0 Å². The fraction of sp³-hybridized carbons (Fsp3) is 0.895. The highest BCUT2D eigenvalue weighted by Crippen LogP contribution is 2.64.